The van der Waals surface area contributed by atoms with Crippen molar-refractivity contribution >= 4 is 38.9 Å². The molecule has 0 spiro atoms. The van der Waals surface area contributed by atoms with Crippen LogP contribution in [0.15, 0.2) is 57.3 Å². The van der Waals surface area contributed by atoms with Crippen LogP contribution in [0.3, 0.4) is 0 Å². The first-order valence-electron chi connectivity index (χ1n) is 8.51. The Hall–Kier alpha value is -2.20. The van der Waals surface area contributed by atoms with Gasteiger partial charge in [0.2, 0.25) is 10.0 Å². The number of thiophene rings is 1. The quantitative estimate of drug-likeness (QED) is 0.625. The molecule has 0 aliphatic carbocycles. The molecule has 1 saturated heterocycles. The number of halogens is 1. The molecule has 10 heteroatoms. The van der Waals surface area contributed by atoms with E-state index in [0.29, 0.717) is 10.8 Å². The molecule has 0 N–H and O–H groups in total. The largest absolute Gasteiger partial charge is 0.355 e. The number of aromatic nitrogens is 1. The number of hydrogen-bond acceptors (Lipinski definition) is 6. The topological polar surface area (TPSA) is 83.7 Å². The molecule has 0 atom stereocenters. The van der Waals surface area contributed by atoms with E-state index in [-0.39, 0.29) is 42.7 Å². The summed E-state index contributed by atoms with van der Waals surface area (Å²) in [7, 11) is -3.61. The minimum Gasteiger partial charge on any atom is -0.355 e. The molecule has 146 valence electrons. The van der Waals surface area contributed by atoms with E-state index >= 15 is 0 Å². The van der Waals surface area contributed by atoms with Crippen molar-refractivity contribution in [2.24, 2.45) is 0 Å². The Morgan fingerprint density at radius 2 is 1.82 bits per heavy atom. The molecule has 1 amide bonds. The number of sulfonamides is 1. The fourth-order valence-electron chi connectivity index (χ4n) is 2.96. The molecule has 1 aliphatic rings. The molecule has 1 aromatic carbocycles. The highest BCUT2D eigenvalue weighted by Gasteiger charge is 2.31. The van der Waals surface area contributed by atoms with Gasteiger partial charge >= 0.3 is 0 Å². The van der Waals surface area contributed by atoms with Gasteiger partial charge in [-0.25, -0.2) is 8.42 Å². The maximum atomic E-state index is 12.7. The summed E-state index contributed by atoms with van der Waals surface area (Å²) in [4.78, 5) is 15.3. The van der Waals surface area contributed by atoms with Crippen LogP contribution in [0.2, 0.25) is 5.02 Å². The minimum atomic E-state index is -3.61. The van der Waals surface area contributed by atoms with Gasteiger partial charge in [0.1, 0.15) is 0 Å². The van der Waals surface area contributed by atoms with Gasteiger partial charge in [-0.15, -0.1) is 11.3 Å². The highest BCUT2D eigenvalue weighted by molar-refractivity contribution is 7.89. The van der Waals surface area contributed by atoms with Crippen molar-refractivity contribution in [3.8, 4) is 10.6 Å². The summed E-state index contributed by atoms with van der Waals surface area (Å²) in [6, 6.07) is 11.5. The lowest BCUT2D eigenvalue weighted by Gasteiger charge is -2.33. The zero-order chi connectivity index (χ0) is 19.7. The molecule has 7 nitrogen and oxygen atoms in total. The third kappa shape index (κ3) is 3.70. The van der Waals surface area contributed by atoms with Gasteiger partial charge in [0, 0.05) is 37.3 Å². The molecule has 4 rings (SSSR count). The summed E-state index contributed by atoms with van der Waals surface area (Å²) in [6.45, 7) is 0.998. The second-order valence-corrected chi connectivity index (χ2v) is 9.53. The highest BCUT2D eigenvalue weighted by atomic mass is 35.5. The van der Waals surface area contributed by atoms with Gasteiger partial charge in [-0.2, -0.15) is 4.31 Å². The van der Waals surface area contributed by atoms with Crippen molar-refractivity contribution < 1.29 is 17.7 Å². The molecule has 0 radical (unpaired) electrons. The van der Waals surface area contributed by atoms with Gasteiger partial charge < -0.3 is 9.42 Å². The van der Waals surface area contributed by atoms with Gasteiger partial charge in [-0.3, -0.25) is 4.79 Å². The summed E-state index contributed by atoms with van der Waals surface area (Å²) in [5, 5.41) is 6.26. The molecular weight excluding hydrogens is 422 g/mol. The van der Waals surface area contributed by atoms with E-state index in [2.05, 4.69) is 5.16 Å². The maximum Gasteiger partial charge on any atom is 0.276 e. The van der Waals surface area contributed by atoms with E-state index < -0.39 is 10.0 Å². The van der Waals surface area contributed by atoms with E-state index in [1.54, 1.807) is 23.1 Å². The zero-order valence-corrected chi connectivity index (χ0v) is 17.0. The molecule has 0 bridgehead atoms. The molecule has 2 aromatic heterocycles. The normalized spacial score (nSPS) is 15.7. The van der Waals surface area contributed by atoms with Crippen LogP contribution in [0, 0.1) is 0 Å². The second kappa shape index (κ2) is 7.67. The van der Waals surface area contributed by atoms with Gasteiger partial charge in [0.15, 0.2) is 11.5 Å². The Balaban J connectivity index is 1.42. The van der Waals surface area contributed by atoms with Gasteiger partial charge in [0.25, 0.3) is 5.91 Å². The zero-order valence-electron chi connectivity index (χ0n) is 14.6. The average molecular weight is 438 g/mol. The lowest BCUT2D eigenvalue weighted by atomic mass is 10.2. The van der Waals surface area contributed by atoms with Crippen molar-refractivity contribution in [2.75, 3.05) is 26.2 Å². The fourth-order valence-corrected chi connectivity index (χ4v) is 5.18. The smallest absolute Gasteiger partial charge is 0.276 e. The van der Waals surface area contributed by atoms with Crippen molar-refractivity contribution in [1.82, 2.24) is 14.4 Å². The first-order chi connectivity index (χ1) is 13.4. The third-order valence-electron chi connectivity index (χ3n) is 4.47. The molecule has 0 saturated carbocycles. The lowest BCUT2D eigenvalue weighted by Crippen LogP contribution is -2.50. The predicted octanol–water partition coefficient (Wildman–Crippen LogP) is 3.20. The van der Waals surface area contributed by atoms with Crippen molar-refractivity contribution in [3.05, 3.63) is 58.6 Å². The highest BCUT2D eigenvalue weighted by Crippen LogP contribution is 2.26. The van der Waals surface area contributed by atoms with E-state index in [4.69, 9.17) is 16.1 Å². The number of nitrogens with zero attached hydrogens (tertiary/aromatic N) is 3. The molecule has 3 aromatic rings. The van der Waals surface area contributed by atoms with Crippen molar-refractivity contribution in [2.45, 2.75) is 4.90 Å². The lowest BCUT2D eigenvalue weighted by molar-refractivity contribution is 0.0687. The van der Waals surface area contributed by atoms with Crippen LogP contribution in [0.1, 0.15) is 10.5 Å². The number of benzene rings is 1. The van der Waals surface area contributed by atoms with Crippen LogP contribution in [-0.2, 0) is 10.0 Å². The SMILES string of the molecule is O=C(c1cc(-c2cccs2)on1)N1CCN(S(=O)(=O)c2ccc(Cl)cc2)CC1. The number of carbonyl (C=O) groups is 1. The minimum absolute atomic E-state index is 0.189. The number of hydrogen-bond donors (Lipinski definition) is 0. The van der Waals surface area contributed by atoms with Crippen LogP contribution in [0.4, 0.5) is 0 Å². The Morgan fingerprint density at radius 1 is 1.11 bits per heavy atom. The van der Waals surface area contributed by atoms with E-state index in [9.17, 15) is 13.2 Å². The molecular formula is C18H16ClN3O4S2. The first-order valence-corrected chi connectivity index (χ1v) is 11.2. The fraction of sp³-hybridized carbons (Fsp3) is 0.222. The van der Waals surface area contributed by atoms with E-state index in [0.717, 1.165) is 4.88 Å². The second-order valence-electron chi connectivity index (χ2n) is 6.20. The Labute approximate surface area is 171 Å². The van der Waals surface area contributed by atoms with Gasteiger partial charge in [0.05, 0.1) is 9.77 Å². The predicted molar refractivity (Wildman–Crippen MR) is 106 cm³/mol. The Kier molecular flexibility index (Phi) is 5.24. The van der Waals surface area contributed by atoms with Crippen molar-refractivity contribution in [3.63, 3.8) is 0 Å². The number of amides is 1. The monoisotopic (exact) mass is 437 g/mol. The molecule has 3 heterocycles. The number of piperazine rings is 1. The van der Waals surface area contributed by atoms with E-state index in [1.165, 1.54) is 27.8 Å². The Bertz CT molecular complexity index is 1070. The standard InChI is InChI=1S/C18H16ClN3O4S2/c19-13-3-5-14(6-4-13)28(24,25)22-9-7-21(8-10-22)18(23)15-12-16(26-20-15)17-2-1-11-27-17/h1-6,11-12H,7-10H2. The van der Waals surface area contributed by atoms with Gasteiger partial charge in [-0.05, 0) is 35.7 Å². The number of rotatable bonds is 4. The molecule has 0 unspecified atom stereocenters. The summed E-state index contributed by atoms with van der Waals surface area (Å²) in [5.74, 6) is 0.275. The number of carbonyl (C=O) groups excluding carboxylic acids is 1. The average Bonchev–Trinajstić information content (AvgIpc) is 3.39. The summed E-state index contributed by atoms with van der Waals surface area (Å²) in [6.07, 6.45) is 0. The van der Waals surface area contributed by atoms with Gasteiger partial charge in [-0.1, -0.05) is 22.8 Å². The summed E-state index contributed by atoms with van der Waals surface area (Å²) >= 11 is 7.33. The summed E-state index contributed by atoms with van der Waals surface area (Å²) in [5.41, 5.74) is 0.220. The molecule has 28 heavy (non-hydrogen) atoms. The summed E-state index contributed by atoms with van der Waals surface area (Å²) < 4.78 is 32.1. The molecule has 1 fully saturated rings. The van der Waals surface area contributed by atoms with Crippen LogP contribution in [0.5, 0.6) is 0 Å². The van der Waals surface area contributed by atoms with Crippen LogP contribution >= 0.6 is 22.9 Å². The maximum absolute atomic E-state index is 12.7. The van der Waals surface area contributed by atoms with E-state index in [1.807, 2.05) is 17.5 Å². The van der Waals surface area contributed by atoms with Crippen LogP contribution in [0.25, 0.3) is 10.6 Å². The third-order valence-corrected chi connectivity index (χ3v) is 7.52. The van der Waals surface area contributed by atoms with Crippen molar-refractivity contribution in [1.29, 1.82) is 0 Å². The van der Waals surface area contributed by atoms with Crippen LogP contribution < -0.4 is 0 Å². The van der Waals surface area contributed by atoms with Crippen LogP contribution in [-0.4, -0.2) is 54.9 Å². The Morgan fingerprint density at radius 3 is 2.46 bits per heavy atom. The first kappa shape index (κ1) is 19.1. The molecule has 1 aliphatic heterocycles.